The quantitative estimate of drug-likeness (QED) is 0.707. The largest absolute Gasteiger partial charge is 0.478 e. The van der Waals surface area contributed by atoms with Gasteiger partial charge in [-0.25, -0.2) is 13.6 Å². The second-order valence-electron chi connectivity index (χ2n) is 2.87. The van der Waals surface area contributed by atoms with Crippen LogP contribution in [-0.4, -0.2) is 23.5 Å². The van der Waals surface area contributed by atoms with E-state index in [1.807, 2.05) is 5.32 Å². The van der Waals surface area contributed by atoms with Crippen molar-refractivity contribution in [1.29, 1.82) is 0 Å². The maximum absolute atomic E-state index is 13.1. The summed E-state index contributed by atoms with van der Waals surface area (Å²) in [5.41, 5.74) is 3.82. The van der Waals surface area contributed by atoms with E-state index in [9.17, 15) is 18.4 Å². The number of rotatable bonds is 3. The van der Waals surface area contributed by atoms with Crippen LogP contribution in [0.15, 0.2) is 12.1 Å². The predicted octanol–water partition coefficient (Wildman–Crippen LogP) is 0.560. The molecule has 0 aliphatic heterocycles. The van der Waals surface area contributed by atoms with Gasteiger partial charge in [0, 0.05) is 6.07 Å². The number of carbonyl (C=O) groups is 2. The first-order chi connectivity index (χ1) is 7.45. The Morgan fingerprint density at radius 2 is 1.94 bits per heavy atom. The zero-order valence-corrected chi connectivity index (χ0v) is 7.96. The molecule has 4 N–H and O–H groups in total. The van der Waals surface area contributed by atoms with Gasteiger partial charge in [-0.2, -0.15) is 0 Å². The van der Waals surface area contributed by atoms with Crippen molar-refractivity contribution in [3.63, 3.8) is 0 Å². The van der Waals surface area contributed by atoms with Gasteiger partial charge in [0.05, 0.1) is 17.8 Å². The van der Waals surface area contributed by atoms with Gasteiger partial charge < -0.3 is 16.2 Å². The van der Waals surface area contributed by atoms with Crippen molar-refractivity contribution in [3.8, 4) is 0 Å². The molecule has 0 unspecified atom stereocenters. The van der Waals surface area contributed by atoms with Crippen LogP contribution in [0.1, 0.15) is 10.4 Å². The Balaban J connectivity index is 3.14. The van der Waals surface area contributed by atoms with Gasteiger partial charge in [0.1, 0.15) is 11.6 Å². The lowest BCUT2D eigenvalue weighted by Crippen LogP contribution is -2.22. The normalized spacial score (nSPS) is 9.94. The number of carboxylic acid groups (broad SMARTS) is 1. The number of aromatic carboxylic acids is 1. The Labute approximate surface area is 88.9 Å². The van der Waals surface area contributed by atoms with Crippen LogP contribution in [0.5, 0.6) is 0 Å². The van der Waals surface area contributed by atoms with Crippen molar-refractivity contribution in [2.75, 3.05) is 11.9 Å². The van der Waals surface area contributed by atoms with Crippen LogP contribution in [-0.2, 0) is 4.79 Å². The summed E-state index contributed by atoms with van der Waals surface area (Å²) in [5.74, 6) is -4.54. The molecule has 0 saturated carbocycles. The number of nitrogens with one attached hydrogen (secondary N) is 1. The van der Waals surface area contributed by atoms with Crippen LogP contribution in [0, 0.1) is 11.6 Å². The molecule has 5 nitrogen and oxygen atoms in total. The van der Waals surface area contributed by atoms with Crippen LogP contribution in [0.25, 0.3) is 0 Å². The topological polar surface area (TPSA) is 92.4 Å². The van der Waals surface area contributed by atoms with Crippen LogP contribution >= 0.6 is 0 Å². The molecule has 0 saturated heterocycles. The molecular formula is C9H8F2N2O3. The lowest BCUT2D eigenvalue weighted by molar-refractivity contribution is -0.114. The van der Waals surface area contributed by atoms with E-state index >= 15 is 0 Å². The number of benzene rings is 1. The molecule has 1 aromatic carbocycles. The van der Waals surface area contributed by atoms with E-state index in [-0.39, 0.29) is 6.54 Å². The first-order valence-electron chi connectivity index (χ1n) is 4.18. The minimum absolute atomic E-state index is 0.385. The predicted molar refractivity (Wildman–Crippen MR) is 51.0 cm³/mol. The third kappa shape index (κ3) is 2.51. The van der Waals surface area contributed by atoms with Crippen LogP contribution in [0.3, 0.4) is 0 Å². The first kappa shape index (κ1) is 12.1. The lowest BCUT2D eigenvalue weighted by atomic mass is 10.2. The molecule has 0 spiro atoms. The van der Waals surface area contributed by atoms with E-state index in [4.69, 9.17) is 10.8 Å². The fourth-order valence-corrected chi connectivity index (χ4v) is 1.01. The number of halogens is 2. The van der Waals surface area contributed by atoms with Crippen molar-refractivity contribution in [1.82, 2.24) is 0 Å². The van der Waals surface area contributed by atoms with E-state index in [0.717, 1.165) is 0 Å². The Kier molecular flexibility index (Phi) is 3.51. The standard InChI is InChI=1S/C9H8F2N2O3/c10-5-2-6(11)7(13-8(14)3-12)1-4(5)9(15)16/h1-2H,3,12H2,(H,13,14)(H,15,16). The molecule has 0 fully saturated rings. The molecule has 0 heterocycles. The third-order valence-corrected chi connectivity index (χ3v) is 1.75. The zero-order chi connectivity index (χ0) is 12.3. The van der Waals surface area contributed by atoms with Crippen LogP contribution in [0.2, 0.25) is 0 Å². The summed E-state index contributed by atoms with van der Waals surface area (Å²) in [6, 6.07) is 1.08. The van der Waals surface area contributed by atoms with Gasteiger partial charge in [-0.05, 0) is 6.07 Å². The van der Waals surface area contributed by atoms with E-state index < -0.39 is 34.8 Å². The minimum Gasteiger partial charge on any atom is -0.478 e. The molecule has 16 heavy (non-hydrogen) atoms. The Bertz CT molecular complexity index is 449. The highest BCUT2D eigenvalue weighted by atomic mass is 19.1. The van der Waals surface area contributed by atoms with E-state index in [1.54, 1.807) is 0 Å². The van der Waals surface area contributed by atoms with E-state index in [0.29, 0.717) is 12.1 Å². The second kappa shape index (κ2) is 4.67. The number of carboxylic acids is 1. The van der Waals surface area contributed by atoms with Gasteiger partial charge in [-0.3, -0.25) is 4.79 Å². The van der Waals surface area contributed by atoms with Crippen molar-refractivity contribution >= 4 is 17.6 Å². The summed E-state index contributed by atoms with van der Waals surface area (Å²) in [5, 5.41) is 10.6. The number of hydrogen-bond acceptors (Lipinski definition) is 3. The van der Waals surface area contributed by atoms with Gasteiger partial charge in [0.15, 0.2) is 0 Å². The number of anilines is 1. The highest BCUT2D eigenvalue weighted by Crippen LogP contribution is 2.19. The maximum Gasteiger partial charge on any atom is 0.338 e. The highest BCUT2D eigenvalue weighted by Gasteiger charge is 2.16. The molecule has 86 valence electrons. The summed E-state index contributed by atoms with van der Waals surface area (Å²) in [4.78, 5) is 21.4. The first-order valence-corrected chi connectivity index (χ1v) is 4.18. The van der Waals surface area contributed by atoms with Crippen LogP contribution in [0.4, 0.5) is 14.5 Å². The van der Waals surface area contributed by atoms with Crippen LogP contribution < -0.4 is 11.1 Å². The smallest absolute Gasteiger partial charge is 0.338 e. The van der Waals surface area contributed by atoms with E-state index in [1.165, 1.54) is 0 Å². The number of amides is 1. The number of hydrogen-bond donors (Lipinski definition) is 3. The molecule has 1 aromatic rings. The molecule has 1 amide bonds. The summed E-state index contributed by atoms with van der Waals surface area (Å²) in [6.45, 7) is -0.390. The average molecular weight is 230 g/mol. The zero-order valence-electron chi connectivity index (χ0n) is 7.96. The number of carbonyl (C=O) groups excluding carboxylic acids is 1. The minimum atomic E-state index is -1.55. The molecular weight excluding hydrogens is 222 g/mol. The SMILES string of the molecule is NCC(=O)Nc1cc(C(=O)O)c(F)cc1F. The summed E-state index contributed by atoms with van der Waals surface area (Å²) < 4.78 is 26.0. The van der Waals surface area contributed by atoms with Crippen molar-refractivity contribution < 1.29 is 23.5 Å². The molecule has 0 atom stereocenters. The van der Waals surface area contributed by atoms with Gasteiger partial charge in [-0.15, -0.1) is 0 Å². The molecule has 0 aliphatic rings. The Morgan fingerprint density at radius 1 is 1.31 bits per heavy atom. The third-order valence-electron chi connectivity index (χ3n) is 1.75. The monoisotopic (exact) mass is 230 g/mol. The molecule has 0 radical (unpaired) electrons. The van der Waals surface area contributed by atoms with Crippen molar-refractivity contribution in [2.24, 2.45) is 5.73 Å². The molecule has 0 aliphatic carbocycles. The fourth-order valence-electron chi connectivity index (χ4n) is 1.01. The molecule has 0 aromatic heterocycles. The van der Waals surface area contributed by atoms with Gasteiger partial charge in [-0.1, -0.05) is 0 Å². The molecule has 0 bridgehead atoms. The summed E-state index contributed by atoms with van der Waals surface area (Å²) in [6.07, 6.45) is 0. The Hall–Kier alpha value is -2.02. The van der Waals surface area contributed by atoms with Gasteiger partial charge in [0.2, 0.25) is 5.91 Å². The number of nitrogens with two attached hydrogens (primary N) is 1. The Morgan fingerprint density at radius 3 is 2.44 bits per heavy atom. The lowest BCUT2D eigenvalue weighted by Gasteiger charge is -2.06. The fraction of sp³-hybridized carbons (Fsp3) is 0.111. The average Bonchev–Trinajstić information content (AvgIpc) is 2.21. The molecule has 1 rings (SSSR count). The highest BCUT2D eigenvalue weighted by molar-refractivity contribution is 5.95. The summed E-state index contributed by atoms with van der Waals surface area (Å²) >= 11 is 0. The second-order valence-corrected chi connectivity index (χ2v) is 2.87. The maximum atomic E-state index is 13.1. The van der Waals surface area contributed by atoms with Gasteiger partial charge in [0.25, 0.3) is 0 Å². The summed E-state index contributed by atoms with van der Waals surface area (Å²) in [7, 11) is 0. The van der Waals surface area contributed by atoms with Gasteiger partial charge >= 0.3 is 5.97 Å². The van der Waals surface area contributed by atoms with Crippen molar-refractivity contribution in [2.45, 2.75) is 0 Å². The molecule has 7 heteroatoms. The van der Waals surface area contributed by atoms with E-state index in [2.05, 4.69) is 0 Å². The van der Waals surface area contributed by atoms with Crippen molar-refractivity contribution in [3.05, 3.63) is 29.3 Å².